The molecular weight excluding hydrogens is 556 g/mol. The predicted molar refractivity (Wildman–Crippen MR) is 157 cm³/mol. The number of ketones is 2. The van der Waals surface area contributed by atoms with Crippen LogP contribution in [0.3, 0.4) is 0 Å². The molecule has 0 bridgehead atoms. The predicted octanol–water partition coefficient (Wildman–Crippen LogP) is 0.296. The smallest absolute Gasteiger partial charge is 0.238 e. The summed E-state index contributed by atoms with van der Waals surface area (Å²) < 4.78 is 0. The zero-order chi connectivity index (χ0) is 31.5. The fraction of sp³-hybridized carbons (Fsp3) is 0.419. The van der Waals surface area contributed by atoms with E-state index >= 15 is 0 Å². The maximum absolute atomic E-state index is 14.0. The lowest BCUT2D eigenvalue weighted by molar-refractivity contribution is -0.184. The van der Waals surface area contributed by atoms with Gasteiger partial charge in [0.25, 0.3) is 0 Å². The van der Waals surface area contributed by atoms with Gasteiger partial charge in [0.2, 0.25) is 17.6 Å². The number of nitrogens with two attached hydrogens (primary N) is 1. The Morgan fingerprint density at radius 2 is 1.79 bits per heavy atom. The second kappa shape index (κ2) is 10.9. The highest BCUT2D eigenvalue weighted by molar-refractivity contribution is 6.25. The molecule has 0 aliphatic heterocycles. The standard InChI is InChI=1S/C31H36N4O8/c1-34(2)13-21(37)33-16-7-5-6-14(10-16)17-8-9-20(36)23-18(17)11-15-12-19-25(35(3)4)27(39)24(30(32)42)29(41)31(19,43)28(40)22(15)26(23)38/h5-10,15,19,24-25,27,36,38-39,43H,11-13H2,1-4H3,(H2,32,42)(H,33,37)/t15-,19-,24?,25-,27?,31-/m0/s1. The third-order valence-electron chi connectivity index (χ3n) is 8.89. The first-order valence-electron chi connectivity index (χ1n) is 14.0. The number of rotatable bonds is 6. The number of anilines is 1. The Labute approximate surface area is 248 Å². The second-order valence-corrected chi connectivity index (χ2v) is 12.1. The van der Waals surface area contributed by atoms with E-state index in [-0.39, 0.29) is 42.2 Å². The first-order valence-corrected chi connectivity index (χ1v) is 14.0. The molecule has 7 N–H and O–H groups in total. The Morgan fingerprint density at radius 1 is 1.09 bits per heavy atom. The van der Waals surface area contributed by atoms with Crippen molar-refractivity contribution >= 4 is 34.8 Å². The molecule has 0 saturated heterocycles. The summed E-state index contributed by atoms with van der Waals surface area (Å²) >= 11 is 0. The molecule has 12 nitrogen and oxygen atoms in total. The van der Waals surface area contributed by atoms with Gasteiger partial charge in [0.15, 0.2) is 11.4 Å². The molecule has 0 radical (unpaired) electrons. The Bertz CT molecular complexity index is 1570. The van der Waals surface area contributed by atoms with Gasteiger partial charge in [-0.15, -0.1) is 0 Å². The van der Waals surface area contributed by atoms with Crippen molar-refractivity contribution in [2.24, 2.45) is 23.5 Å². The van der Waals surface area contributed by atoms with Crippen LogP contribution in [0.1, 0.15) is 17.5 Å². The minimum absolute atomic E-state index is 0.0000929. The van der Waals surface area contributed by atoms with Crippen LogP contribution in [-0.4, -0.2) is 106 Å². The topological polar surface area (TPSA) is 194 Å². The van der Waals surface area contributed by atoms with Gasteiger partial charge >= 0.3 is 0 Å². The summed E-state index contributed by atoms with van der Waals surface area (Å²) in [7, 11) is 6.77. The largest absolute Gasteiger partial charge is 0.507 e. The van der Waals surface area contributed by atoms with Crippen molar-refractivity contribution < 1.29 is 39.6 Å². The molecule has 0 aromatic heterocycles. The van der Waals surface area contributed by atoms with Gasteiger partial charge in [-0.3, -0.25) is 19.2 Å². The first-order chi connectivity index (χ1) is 20.2. The molecule has 2 aromatic rings. The van der Waals surface area contributed by atoms with Crippen molar-refractivity contribution in [1.29, 1.82) is 0 Å². The highest BCUT2D eigenvalue weighted by atomic mass is 16.3. The monoisotopic (exact) mass is 592 g/mol. The molecule has 2 amide bonds. The molecule has 0 heterocycles. The molecule has 2 aromatic carbocycles. The van der Waals surface area contributed by atoms with E-state index in [1.54, 1.807) is 62.3 Å². The molecule has 0 spiro atoms. The van der Waals surface area contributed by atoms with Gasteiger partial charge in [-0.05, 0) is 81.8 Å². The Balaban J connectivity index is 1.62. The number of phenolic OH excluding ortho intramolecular Hbond substituents is 1. The van der Waals surface area contributed by atoms with Crippen molar-refractivity contribution in [1.82, 2.24) is 9.80 Å². The van der Waals surface area contributed by atoms with Crippen molar-refractivity contribution in [3.8, 4) is 16.9 Å². The van der Waals surface area contributed by atoms with Crippen molar-refractivity contribution in [3.63, 3.8) is 0 Å². The van der Waals surface area contributed by atoms with E-state index in [4.69, 9.17) is 5.73 Å². The Kier molecular flexibility index (Phi) is 7.68. The molecule has 2 unspecified atom stereocenters. The lowest BCUT2D eigenvalue weighted by Crippen LogP contribution is -2.73. The van der Waals surface area contributed by atoms with E-state index in [9.17, 15) is 39.6 Å². The average molecular weight is 593 g/mol. The number of aromatic hydroxyl groups is 1. The molecule has 2 saturated carbocycles. The van der Waals surface area contributed by atoms with E-state index < -0.39 is 58.7 Å². The number of benzene rings is 2. The van der Waals surface area contributed by atoms with Crippen LogP contribution in [0.5, 0.6) is 5.75 Å². The number of Topliss-reactive ketones (excluding diaryl/α,β-unsaturated/α-hetero) is 2. The van der Waals surface area contributed by atoms with Gasteiger partial charge < -0.3 is 41.3 Å². The minimum atomic E-state index is -2.71. The fourth-order valence-electron chi connectivity index (χ4n) is 7.13. The van der Waals surface area contributed by atoms with Crippen LogP contribution < -0.4 is 11.1 Å². The SMILES string of the molecule is CN(C)CC(=O)Nc1cccc(-c2ccc(O)c3c2C[C@H]2C[C@H]4[C@H](N(C)C)C(O)C(C(N)=O)C(=O)[C@@]4(O)C(=O)C2=C3O)c1. The van der Waals surface area contributed by atoms with Crippen LogP contribution in [0.4, 0.5) is 5.69 Å². The lowest BCUT2D eigenvalue weighted by atomic mass is 9.54. The summed E-state index contributed by atoms with van der Waals surface area (Å²) in [6, 6.07) is 9.18. The van der Waals surface area contributed by atoms with Crippen LogP contribution in [0.2, 0.25) is 0 Å². The molecule has 6 atom stereocenters. The number of fused-ring (bicyclic) bond motifs is 3. The van der Waals surface area contributed by atoms with E-state index in [0.717, 1.165) is 0 Å². The number of hydrogen-bond acceptors (Lipinski definition) is 10. The summed E-state index contributed by atoms with van der Waals surface area (Å²) in [5.74, 6) is -8.10. The van der Waals surface area contributed by atoms with Crippen LogP contribution in [0, 0.1) is 17.8 Å². The second-order valence-electron chi connectivity index (χ2n) is 12.1. The molecule has 43 heavy (non-hydrogen) atoms. The number of aliphatic hydroxyl groups excluding tert-OH is 2. The van der Waals surface area contributed by atoms with Gasteiger partial charge in [-0.2, -0.15) is 0 Å². The van der Waals surface area contributed by atoms with Gasteiger partial charge in [-0.25, -0.2) is 0 Å². The molecule has 2 fully saturated rings. The third kappa shape index (κ3) is 4.80. The van der Waals surface area contributed by atoms with Crippen LogP contribution in [0.15, 0.2) is 42.0 Å². The summed E-state index contributed by atoms with van der Waals surface area (Å²) in [6.07, 6.45) is -1.37. The van der Waals surface area contributed by atoms with Crippen molar-refractivity contribution in [2.75, 3.05) is 40.1 Å². The normalized spacial score (nSPS) is 28.4. The van der Waals surface area contributed by atoms with E-state index in [2.05, 4.69) is 5.32 Å². The van der Waals surface area contributed by atoms with Gasteiger partial charge in [-0.1, -0.05) is 18.2 Å². The number of likely N-dealkylation sites (N-methyl/N-ethyl adjacent to an activating group) is 2. The fourth-order valence-corrected chi connectivity index (χ4v) is 7.13. The van der Waals surface area contributed by atoms with Crippen LogP contribution >= 0.6 is 0 Å². The van der Waals surface area contributed by atoms with E-state index in [1.807, 2.05) is 6.07 Å². The summed E-state index contributed by atoms with van der Waals surface area (Å²) in [6.45, 7) is 0.189. The number of carbonyl (C=O) groups excluding carboxylic acids is 4. The zero-order valence-corrected chi connectivity index (χ0v) is 24.4. The maximum Gasteiger partial charge on any atom is 0.238 e. The molecule has 228 valence electrons. The quantitative estimate of drug-likeness (QED) is 0.254. The van der Waals surface area contributed by atoms with Crippen molar-refractivity contribution in [2.45, 2.75) is 30.6 Å². The van der Waals surface area contributed by atoms with Crippen LogP contribution in [-0.2, 0) is 25.6 Å². The zero-order valence-electron chi connectivity index (χ0n) is 24.4. The number of carbonyl (C=O) groups is 4. The summed E-state index contributed by atoms with van der Waals surface area (Å²) in [5.41, 5.74) is 4.93. The number of phenols is 1. The van der Waals surface area contributed by atoms with Gasteiger partial charge in [0.05, 0.1) is 18.2 Å². The minimum Gasteiger partial charge on any atom is -0.507 e. The molecule has 3 aliphatic carbocycles. The third-order valence-corrected chi connectivity index (χ3v) is 8.89. The number of amides is 2. The van der Waals surface area contributed by atoms with E-state index in [1.165, 1.54) is 6.07 Å². The summed E-state index contributed by atoms with van der Waals surface area (Å²) in [5, 5.41) is 48.0. The summed E-state index contributed by atoms with van der Waals surface area (Å²) in [4.78, 5) is 55.3. The van der Waals surface area contributed by atoms with E-state index in [0.29, 0.717) is 22.4 Å². The molecule has 3 aliphatic rings. The molecular formula is C31H36N4O8. The number of hydrogen-bond donors (Lipinski definition) is 6. The molecule has 5 rings (SSSR count). The van der Waals surface area contributed by atoms with Gasteiger partial charge in [0, 0.05) is 23.2 Å². The first kappa shape index (κ1) is 30.4. The number of nitrogens with one attached hydrogen (secondary N) is 1. The highest BCUT2D eigenvalue weighted by Crippen LogP contribution is 2.53. The highest BCUT2D eigenvalue weighted by Gasteiger charge is 2.67. The van der Waals surface area contributed by atoms with Gasteiger partial charge in [0.1, 0.15) is 17.4 Å². The Hall–Kier alpha value is -4.10. The lowest BCUT2D eigenvalue weighted by Gasteiger charge is -2.53. The number of primary amides is 1. The number of aliphatic hydroxyl groups is 3. The number of nitrogens with zero attached hydrogens (tertiary/aromatic N) is 2. The molecule has 12 heteroatoms. The average Bonchev–Trinajstić information content (AvgIpc) is 2.90. The maximum atomic E-state index is 14.0. The van der Waals surface area contributed by atoms with Crippen LogP contribution in [0.25, 0.3) is 16.9 Å². The Morgan fingerprint density at radius 3 is 2.42 bits per heavy atom. The van der Waals surface area contributed by atoms with Crippen molar-refractivity contribution in [3.05, 3.63) is 53.1 Å².